The van der Waals surface area contributed by atoms with Gasteiger partial charge in [-0.25, -0.2) is 0 Å². The summed E-state index contributed by atoms with van der Waals surface area (Å²) < 4.78 is 5.83. The Labute approximate surface area is 118 Å². The molecule has 0 radical (unpaired) electrons. The second-order valence-electron chi connectivity index (χ2n) is 5.54. The first kappa shape index (κ1) is 16.3. The molecule has 0 unspecified atom stereocenters. The highest BCUT2D eigenvalue weighted by atomic mass is 16.3. The van der Waals surface area contributed by atoms with Gasteiger partial charge in [0.05, 0.1) is 6.54 Å². The minimum Gasteiger partial charge on any atom is -0.465 e. The molecule has 0 bridgehead atoms. The van der Waals surface area contributed by atoms with Gasteiger partial charge in [0.1, 0.15) is 11.5 Å². The van der Waals surface area contributed by atoms with Gasteiger partial charge in [-0.2, -0.15) is 0 Å². The summed E-state index contributed by atoms with van der Waals surface area (Å²) in [5, 5.41) is 3.39. The summed E-state index contributed by atoms with van der Waals surface area (Å²) in [7, 11) is 0. The maximum absolute atomic E-state index is 5.83. The molecule has 0 saturated carbocycles. The fourth-order valence-electron chi connectivity index (χ4n) is 2.25. The van der Waals surface area contributed by atoms with Gasteiger partial charge in [-0.3, -0.25) is 4.90 Å². The summed E-state index contributed by atoms with van der Waals surface area (Å²) in [4.78, 5) is 2.50. The molecule has 0 aliphatic carbocycles. The molecule has 0 aromatic carbocycles. The molecule has 0 amide bonds. The average Bonchev–Trinajstić information content (AvgIpc) is 2.70. The lowest BCUT2D eigenvalue weighted by atomic mass is 10.2. The molecule has 0 saturated heterocycles. The van der Waals surface area contributed by atoms with Gasteiger partial charge in [-0.05, 0) is 52.8 Å². The molecule has 0 aliphatic rings. The quantitative estimate of drug-likeness (QED) is 0.691. The van der Waals surface area contributed by atoms with E-state index in [4.69, 9.17) is 4.42 Å². The topological polar surface area (TPSA) is 28.4 Å². The van der Waals surface area contributed by atoms with Crippen LogP contribution in [0, 0.1) is 6.92 Å². The molecule has 0 fully saturated rings. The van der Waals surface area contributed by atoms with Crippen molar-refractivity contribution in [2.75, 3.05) is 13.1 Å². The molecule has 3 nitrogen and oxygen atoms in total. The number of nitrogens with zero attached hydrogens (tertiary/aromatic N) is 1. The van der Waals surface area contributed by atoms with Crippen molar-refractivity contribution in [3.8, 4) is 0 Å². The van der Waals surface area contributed by atoms with Crippen LogP contribution in [0.1, 0.15) is 57.6 Å². The van der Waals surface area contributed by atoms with Crippen LogP contribution in [0.3, 0.4) is 0 Å². The van der Waals surface area contributed by atoms with Gasteiger partial charge in [0.15, 0.2) is 0 Å². The molecule has 3 heteroatoms. The first-order valence-electron chi connectivity index (χ1n) is 7.61. The van der Waals surface area contributed by atoms with Crippen molar-refractivity contribution in [2.24, 2.45) is 0 Å². The number of rotatable bonds is 9. The number of furan rings is 1. The number of hydrogen-bond acceptors (Lipinski definition) is 3. The number of nitrogens with one attached hydrogen (secondary N) is 1. The van der Waals surface area contributed by atoms with Crippen molar-refractivity contribution >= 4 is 0 Å². The standard InChI is InChI=1S/C16H30N2O/c1-6-8-17-11-16-10-15(14(5)19-16)12-18(9-7-2)13(3)4/h10,13,17H,6-9,11-12H2,1-5H3. The highest BCUT2D eigenvalue weighted by Crippen LogP contribution is 2.18. The summed E-state index contributed by atoms with van der Waals surface area (Å²) in [6, 6.07) is 2.79. The SMILES string of the molecule is CCCNCc1cc(CN(CCC)C(C)C)c(C)o1. The third-order valence-corrected chi connectivity index (χ3v) is 3.41. The fourth-order valence-corrected chi connectivity index (χ4v) is 2.25. The van der Waals surface area contributed by atoms with Crippen LogP contribution < -0.4 is 5.32 Å². The third-order valence-electron chi connectivity index (χ3n) is 3.41. The van der Waals surface area contributed by atoms with E-state index in [1.807, 2.05) is 0 Å². The molecule has 0 aliphatic heterocycles. The molecule has 1 aromatic rings. The Kier molecular flexibility index (Phi) is 7.17. The second-order valence-corrected chi connectivity index (χ2v) is 5.54. The van der Waals surface area contributed by atoms with Gasteiger partial charge in [0.25, 0.3) is 0 Å². The Hall–Kier alpha value is -0.800. The van der Waals surface area contributed by atoms with E-state index < -0.39 is 0 Å². The molecule has 0 atom stereocenters. The molecule has 1 rings (SSSR count). The Morgan fingerprint density at radius 2 is 2.00 bits per heavy atom. The number of aryl methyl sites for hydroxylation is 1. The van der Waals surface area contributed by atoms with Crippen molar-refractivity contribution in [1.82, 2.24) is 10.2 Å². The van der Waals surface area contributed by atoms with Crippen LogP contribution in [0.25, 0.3) is 0 Å². The van der Waals surface area contributed by atoms with Crippen molar-refractivity contribution < 1.29 is 4.42 Å². The molecule has 1 heterocycles. The van der Waals surface area contributed by atoms with E-state index in [0.29, 0.717) is 6.04 Å². The van der Waals surface area contributed by atoms with Gasteiger partial charge in [-0.15, -0.1) is 0 Å². The molecule has 1 N–H and O–H groups in total. The third kappa shape index (κ3) is 5.37. The van der Waals surface area contributed by atoms with E-state index in [-0.39, 0.29) is 0 Å². The summed E-state index contributed by atoms with van der Waals surface area (Å²) in [5.74, 6) is 2.12. The maximum atomic E-state index is 5.83. The predicted octanol–water partition coefficient (Wildman–Crippen LogP) is 3.71. The Morgan fingerprint density at radius 1 is 1.26 bits per heavy atom. The van der Waals surface area contributed by atoms with Gasteiger partial charge in [0.2, 0.25) is 0 Å². The van der Waals surface area contributed by atoms with Crippen LogP contribution >= 0.6 is 0 Å². The van der Waals surface area contributed by atoms with E-state index in [9.17, 15) is 0 Å². The first-order valence-corrected chi connectivity index (χ1v) is 7.61. The van der Waals surface area contributed by atoms with Gasteiger partial charge >= 0.3 is 0 Å². The van der Waals surface area contributed by atoms with Gasteiger partial charge in [0, 0.05) is 18.2 Å². The minimum absolute atomic E-state index is 0.580. The minimum atomic E-state index is 0.580. The molecule has 0 spiro atoms. The van der Waals surface area contributed by atoms with E-state index in [1.165, 1.54) is 12.0 Å². The molecule has 1 aromatic heterocycles. The van der Waals surface area contributed by atoms with Crippen LogP contribution in [0.4, 0.5) is 0 Å². The molecular formula is C16H30N2O. The lowest BCUT2D eigenvalue weighted by Crippen LogP contribution is -2.31. The maximum Gasteiger partial charge on any atom is 0.118 e. The Bertz CT molecular complexity index is 358. The van der Waals surface area contributed by atoms with E-state index in [2.05, 4.69) is 50.9 Å². The average molecular weight is 266 g/mol. The van der Waals surface area contributed by atoms with E-state index in [1.54, 1.807) is 0 Å². The zero-order valence-electron chi connectivity index (χ0n) is 13.3. The van der Waals surface area contributed by atoms with Crippen molar-refractivity contribution in [3.05, 3.63) is 23.2 Å². The highest BCUT2D eigenvalue weighted by Gasteiger charge is 2.13. The van der Waals surface area contributed by atoms with Crippen LogP contribution in [0.15, 0.2) is 10.5 Å². The highest BCUT2D eigenvalue weighted by molar-refractivity contribution is 5.20. The molecule has 19 heavy (non-hydrogen) atoms. The van der Waals surface area contributed by atoms with Crippen molar-refractivity contribution in [1.29, 1.82) is 0 Å². The largest absolute Gasteiger partial charge is 0.465 e. The zero-order chi connectivity index (χ0) is 14.3. The molecule has 110 valence electrons. The first-order chi connectivity index (χ1) is 9.08. The van der Waals surface area contributed by atoms with Crippen LogP contribution in [0.5, 0.6) is 0 Å². The lowest BCUT2D eigenvalue weighted by molar-refractivity contribution is 0.212. The Balaban J connectivity index is 2.61. The lowest BCUT2D eigenvalue weighted by Gasteiger charge is -2.25. The van der Waals surface area contributed by atoms with Crippen LogP contribution in [-0.2, 0) is 13.1 Å². The van der Waals surface area contributed by atoms with Crippen LogP contribution in [0.2, 0.25) is 0 Å². The summed E-state index contributed by atoms with van der Waals surface area (Å²) in [6.45, 7) is 15.0. The summed E-state index contributed by atoms with van der Waals surface area (Å²) in [6.07, 6.45) is 2.35. The predicted molar refractivity (Wildman–Crippen MR) is 81.3 cm³/mol. The monoisotopic (exact) mass is 266 g/mol. The van der Waals surface area contributed by atoms with Gasteiger partial charge in [-0.1, -0.05) is 13.8 Å². The normalized spacial score (nSPS) is 11.7. The summed E-state index contributed by atoms with van der Waals surface area (Å²) in [5.41, 5.74) is 1.33. The van der Waals surface area contributed by atoms with Crippen molar-refractivity contribution in [3.63, 3.8) is 0 Å². The molecular weight excluding hydrogens is 236 g/mol. The van der Waals surface area contributed by atoms with Crippen LogP contribution in [-0.4, -0.2) is 24.0 Å². The van der Waals surface area contributed by atoms with Crippen molar-refractivity contribution in [2.45, 2.75) is 66.6 Å². The van der Waals surface area contributed by atoms with E-state index in [0.717, 1.165) is 44.1 Å². The number of hydrogen-bond donors (Lipinski definition) is 1. The fraction of sp³-hybridized carbons (Fsp3) is 0.750. The van der Waals surface area contributed by atoms with Gasteiger partial charge < -0.3 is 9.73 Å². The smallest absolute Gasteiger partial charge is 0.118 e. The zero-order valence-corrected chi connectivity index (χ0v) is 13.3. The van der Waals surface area contributed by atoms with E-state index >= 15 is 0 Å². The summed E-state index contributed by atoms with van der Waals surface area (Å²) >= 11 is 0. The second kappa shape index (κ2) is 8.39. The Morgan fingerprint density at radius 3 is 2.58 bits per heavy atom.